The number of ketones is 1. The second kappa shape index (κ2) is 10.4. The Morgan fingerprint density at radius 3 is 2.31 bits per heavy atom. The summed E-state index contributed by atoms with van der Waals surface area (Å²) in [6.45, 7) is 1.06. The number of esters is 1. The molecule has 3 aromatic rings. The van der Waals surface area contributed by atoms with Gasteiger partial charge < -0.3 is 20.8 Å². The number of carbonyl (C=O) groups is 4. The van der Waals surface area contributed by atoms with E-state index in [4.69, 9.17) is 4.74 Å². The lowest BCUT2D eigenvalue weighted by molar-refractivity contribution is -0.144. The standard InChI is InChI=1S/C19H16N2O4.C2H5NO/c22-17(25-12-13-6-2-1-3-7-13)11-21-19(24)18(23)15-10-20-16-9-5-4-8-14(15)16;1-2(3)4/h1-10,20H,11-12H2,(H,21,24);1H3,(H2,3,4). The molecule has 2 aromatic carbocycles. The molecule has 0 radical (unpaired) electrons. The number of rotatable bonds is 6. The first-order valence-corrected chi connectivity index (χ1v) is 8.72. The van der Waals surface area contributed by atoms with Crippen LogP contribution in [0.25, 0.3) is 10.9 Å². The van der Waals surface area contributed by atoms with Gasteiger partial charge in [-0.3, -0.25) is 19.2 Å². The van der Waals surface area contributed by atoms with Gasteiger partial charge in [0.05, 0.1) is 5.56 Å². The van der Waals surface area contributed by atoms with E-state index >= 15 is 0 Å². The van der Waals surface area contributed by atoms with Crippen LogP contribution in [0, 0.1) is 0 Å². The summed E-state index contributed by atoms with van der Waals surface area (Å²) in [6, 6.07) is 16.4. The van der Waals surface area contributed by atoms with Gasteiger partial charge in [-0.2, -0.15) is 0 Å². The normalized spacial score (nSPS) is 9.83. The maximum atomic E-state index is 12.2. The maximum absolute atomic E-state index is 12.2. The summed E-state index contributed by atoms with van der Waals surface area (Å²) in [5.74, 6) is -2.49. The van der Waals surface area contributed by atoms with Crippen LogP contribution in [0.2, 0.25) is 0 Å². The van der Waals surface area contributed by atoms with E-state index in [1.807, 2.05) is 42.5 Å². The molecule has 0 aliphatic heterocycles. The van der Waals surface area contributed by atoms with Crippen molar-refractivity contribution in [2.24, 2.45) is 5.73 Å². The minimum atomic E-state index is -0.846. The molecule has 29 heavy (non-hydrogen) atoms. The molecule has 0 fully saturated rings. The van der Waals surface area contributed by atoms with Crippen molar-refractivity contribution in [2.45, 2.75) is 13.5 Å². The second-order valence-electron chi connectivity index (χ2n) is 6.02. The number of nitrogens with two attached hydrogens (primary N) is 1. The highest BCUT2D eigenvalue weighted by molar-refractivity contribution is 6.45. The lowest BCUT2D eigenvalue weighted by Gasteiger charge is -2.06. The number of amides is 2. The molecule has 0 saturated heterocycles. The first kappa shape index (κ1) is 21.4. The SMILES string of the molecule is CC(N)=O.O=C(CNC(=O)C(=O)c1c[nH]c2ccccc12)OCc1ccccc1. The highest BCUT2D eigenvalue weighted by Crippen LogP contribution is 2.18. The van der Waals surface area contributed by atoms with Crippen LogP contribution in [0.15, 0.2) is 60.8 Å². The van der Waals surface area contributed by atoms with Gasteiger partial charge in [0.15, 0.2) is 0 Å². The first-order valence-electron chi connectivity index (χ1n) is 8.72. The smallest absolute Gasteiger partial charge is 0.325 e. The molecule has 0 aliphatic rings. The summed E-state index contributed by atoms with van der Waals surface area (Å²) in [7, 11) is 0. The van der Waals surface area contributed by atoms with E-state index in [0.29, 0.717) is 5.39 Å². The Morgan fingerprint density at radius 1 is 1.00 bits per heavy atom. The Balaban J connectivity index is 0.000000687. The fraction of sp³-hybridized carbons (Fsp3) is 0.143. The van der Waals surface area contributed by atoms with Gasteiger partial charge >= 0.3 is 5.97 Å². The molecule has 8 nitrogen and oxygen atoms in total. The number of Topliss-reactive ketones (excluding diaryl/α,β-unsaturated/α-hetero) is 1. The van der Waals surface area contributed by atoms with Gasteiger partial charge in [-0.15, -0.1) is 0 Å². The third-order valence-electron chi connectivity index (χ3n) is 3.68. The first-order chi connectivity index (χ1) is 13.9. The van der Waals surface area contributed by atoms with Crippen molar-refractivity contribution >= 4 is 34.5 Å². The molecule has 4 N–H and O–H groups in total. The van der Waals surface area contributed by atoms with Crippen LogP contribution in [0.3, 0.4) is 0 Å². The Kier molecular flexibility index (Phi) is 7.67. The van der Waals surface area contributed by atoms with Crippen LogP contribution >= 0.6 is 0 Å². The number of hydrogen-bond donors (Lipinski definition) is 3. The molecule has 1 aromatic heterocycles. The minimum absolute atomic E-state index is 0.117. The summed E-state index contributed by atoms with van der Waals surface area (Å²) in [6.07, 6.45) is 1.49. The Labute approximate surface area is 167 Å². The van der Waals surface area contributed by atoms with Gasteiger partial charge in [0.2, 0.25) is 5.91 Å². The predicted octanol–water partition coefficient (Wildman–Crippen LogP) is 1.70. The number of para-hydroxylation sites is 1. The molecule has 3 rings (SSSR count). The molecular weight excluding hydrogens is 374 g/mol. The van der Waals surface area contributed by atoms with Gasteiger partial charge in [-0.05, 0) is 11.6 Å². The summed E-state index contributed by atoms with van der Waals surface area (Å²) >= 11 is 0. The third-order valence-corrected chi connectivity index (χ3v) is 3.68. The van der Waals surface area contributed by atoms with Crippen molar-refractivity contribution in [3.8, 4) is 0 Å². The van der Waals surface area contributed by atoms with Gasteiger partial charge in [0.1, 0.15) is 13.2 Å². The summed E-state index contributed by atoms with van der Waals surface area (Å²) < 4.78 is 5.05. The zero-order valence-electron chi connectivity index (χ0n) is 15.8. The highest BCUT2D eigenvalue weighted by atomic mass is 16.5. The molecule has 0 unspecified atom stereocenters. The van der Waals surface area contributed by atoms with Crippen molar-refractivity contribution in [1.82, 2.24) is 10.3 Å². The van der Waals surface area contributed by atoms with E-state index < -0.39 is 17.7 Å². The maximum Gasteiger partial charge on any atom is 0.325 e. The van der Waals surface area contributed by atoms with Crippen molar-refractivity contribution < 1.29 is 23.9 Å². The molecule has 0 saturated carbocycles. The number of fused-ring (bicyclic) bond motifs is 1. The lowest BCUT2D eigenvalue weighted by atomic mass is 10.1. The zero-order chi connectivity index (χ0) is 21.2. The van der Waals surface area contributed by atoms with Crippen molar-refractivity contribution in [2.75, 3.05) is 6.54 Å². The Bertz CT molecular complexity index is 1010. The Hall–Kier alpha value is -3.94. The molecule has 1 heterocycles. The van der Waals surface area contributed by atoms with E-state index in [0.717, 1.165) is 11.1 Å². The van der Waals surface area contributed by atoms with Gasteiger partial charge in [0, 0.05) is 24.0 Å². The average molecular weight is 395 g/mol. The largest absolute Gasteiger partial charge is 0.460 e. The predicted molar refractivity (Wildman–Crippen MR) is 107 cm³/mol. The van der Waals surface area contributed by atoms with Crippen LogP contribution in [0.1, 0.15) is 22.8 Å². The second-order valence-corrected chi connectivity index (χ2v) is 6.02. The number of benzene rings is 2. The van der Waals surface area contributed by atoms with E-state index in [9.17, 15) is 19.2 Å². The van der Waals surface area contributed by atoms with E-state index in [1.165, 1.54) is 13.1 Å². The lowest BCUT2D eigenvalue weighted by Crippen LogP contribution is -2.35. The van der Waals surface area contributed by atoms with Crippen molar-refractivity contribution in [1.29, 1.82) is 0 Å². The number of primary amides is 1. The van der Waals surface area contributed by atoms with Gasteiger partial charge in [0.25, 0.3) is 11.7 Å². The average Bonchev–Trinajstić information content (AvgIpc) is 3.14. The van der Waals surface area contributed by atoms with E-state index in [-0.39, 0.29) is 24.6 Å². The number of hydrogen-bond acceptors (Lipinski definition) is 5. The summed E-state index contributed by atoms with van der Waals surface area (Å²) in [5.41, 5.74) is 6.35. The van der Waals surface area contributed by atoms with Crippen LogP contribution < -0.4 is 11.1 Å². The molecular formula is C21H21N3O5. The van der Waals surface area contributed by atoms with Crippen molar-refractivity contribution in [3.63, 3.8) is 0 Å². The van der Waals surface area contributed by atoms with Crippen LogP contribution in [-0.4, -0.2) is 35.1 Å². The third kappa shape index (κ3) is 6.62. The van der Waals surface area contributed by atoms with Crippen LogP contribution in [0.4, 0.5) is 0 Å². The number of nitrogens with one attached hydrogen (secondary N) is 2. The summed E-state index contributed by atoms with van der Waals surface area (Å²) in [4.78, 5) is 48.1. The number of H-pyrrole nitrogens is 1. The number of ether oxygens (including phenoxy) is 1. The molecule has 0 aliphatic carbocycles. The molecule has 0 bridgehead atoms. The van der Waals surface area contributed by atoms with Crippen LogP contribution in [0.5, 0.6) is 0 Å². The molecule has 8 heteroatoms. The van der Waals surface area contributed by atoms with Crippen molar-refractivity contribution in [3.05, 3.63) is 71.9 Å². The molecule has 150 valence electrons. The summed E-state index contributed by atoms with van der Waals surface area (Å²) in [5, 5.41) is 2.96. The van der Waals surface area contributed by atoms with E-state index in [1.54, 1.807) is 12.1 Å². The topological polar surface area (TPSA) is 131 Å². The number of aromatic nitrogens is 1. The monoisotopic (exact) mass is 395 g/mol. The Morgan fingerprint density at radius 2 is 1.62 bits per heavy atom. The van der Waals surface area contributed by atoms with Crippen LogP contribution in [-0.2, 0) is 25.7 Å². The number of carbonyl (C=O) groups excluding carboxylic acids is 4. The fourth-order valence-corrected chi connectivity index (χ4v) is 2.40. The van der Waals surface area contributed by atoms with Gasteiger partial charge in [-0.25, -0.2) is 0 Å². The zero-order valence-corrected chi connectivity index (χ0v) is 15.8. The quantitative estimate of drug-likeness (QED) is 0.332. The van der Waals surface area contributed by atoms with E-state index in [2.05, 4.69) is 16.0 Å². The molecule has 0 spiro atoms. The molecule has 0 atom stereocenters. The number of aromatic amines is 1. The highest BCUT2D eigenvalue weighted by Gasteiger charge is 2.20. The minimum Gasteiger partial charge on any atom is -0.460 e. The van der Waals surface area contributed by atoms with Gasteiger partial charge in [-0.1, -0.05) is 48.5 Å². The fourth-order valence-electron chi connectivity index (χ4n) is 2.40. The molecule has 2 amide bonds.